The van der Waals surface area contributed by atoms with Crippen LogP contribution in [-0.2, 0) is 10.9 Å². The molecule has 70 valence electrons. The molecule has 1 fully saturated rings. The van der Waals surface area contributed by atoms with Crippen molar-refractivity contribution in [1.82, 2.24) is 4.98 Å². The lowest BCUT2D eigenvalue weighted by atomic mass is 10.1. The highest BCUT2D eigenvalue weighted by atomic mass is 19.4. The summed E-state index contributed by atoms with van der Waals surface area (Å²) >= 11 is 0. The maximum Gasteiger partial charge on any atom is 0.417 e. The maximum absolute atomic E-state index is 12.2. The van der Waals surface area contributed by atoms with E-state index in [9.17, 15) is 13.2 Å². The van der Waals surface area contributed by atoms with Gasteiger partial charge in [0, 0.05) is 18.0 Å². The second-order valence-electron chi connectivity index (χ2n) is 2.83. The van der Waals surface area contributed by atoms with Gasteiger partial charge in [0.2, 0.25) is 0 Å². The van der Waals surface area contributed by atoms with Crippen molar-refractivity contribution in [3.8, 4) is 0 Å². The van der Waals surface area contributed by atoms with Crippen LogP contribution in [0, 0.1) is 0 Å². The second-order valence-corrected chi connectivity index (χ2v) is 2.83. The maximum atomic E-state index is 12.2. The number of ether oxygens (including phenoxy) is 1. The minimum Gasteiger partial charge on any atom is -0.368 e. The lowest BCUT2D eigenvalue weighted by Gasteiger charge is -2.06. The fourth-order valence-electron chi connectivity index (χ4n) is 1.03. The van der Waals surface area contributed by atoms with Crippen molar-refractivity contribution in [2.45, 2.75) is 12.3 Å². The molecule has 2 nitrogen and oxygen atoms in total. The van der Waals surface area contributed by atoms with Gasteiger partial charge in [0.25, 0.3) is 0 Å². The van der Waals surface area contributed by atoms with E-state index in [1.165, 1.54) is 6.20 Å². The first-order valence-corrected chi connectivity index (χ1v) is 3.71. The van der Waals surface area contributed by atoms with Crippen molar-refractivity contribution >= 4 is 0 Å². The predicted molar refractivity (Wildman–Crippen MR) is 37.9 cm³/mol. The number of epoxide rings is 1. The van der Waals surface area contributed by atoms with E-state index < -0.39 is 11.7 Å². The predicted octanol–water partition coefficient (Wildman–Crippen LogP) is 2.17. The van der Waals surface area contributed by atoms with E-state index in [1.807, 2.05) is 0 Å². The molecule has 0 N–H and O–H groups in total. The van der Waals surface area contributed by atoms with Gasteiger partial charge in [-0.3, -0.25) is 4.98 Å². The Labute approximate surface area is 72.4 Å². The van der Waals surface area contributed by atoms with E-state index >= 15 is 0 Å². The topological polar surface area (TPSA) is 25.4 Å². The van der Waals surface area contributed by atoms with Crippen LogP contribution < -0.4 is 0 Å². The summed E-state index contributed by atoms with van der Waals surface area (Å²) in [5.74, 6) is 0. The SMILES string of the molecule is FC(F)(F)c1cncc(C2CO2)c1. The molecule has 1 aromatic rings. The van der Waals surface area contributed by atoms with Crippen molar-refractivity contribution < 1.29 is 17.9 Å². The van der Waals surface area contributed by atoms with E-state index in [2.05, 4.69) is 4.98 Å². The average Bonchev–Trinajstić information content (AvgIpc) is 2.85. The highest BCUT2D eigenvalue weighted by Crippen LogP contribution is 2.34. The number of nitrogens with zero attached hydrogens (tertiary/aromatic N) is 1. The summed E-state index contributed by atoms with van der Waals surface area (Å²) in [5.41, 5.74) is -0.227. The fraction of sp³-hybridized carbons (Fsp3) is 0.375. The minimum atomic E-state index is -4.32. The third kappa shape index (κ3) is 1.80. The average molecular weight is 189 g/mol. The molecule has 0 aliphatic carbocycles. The summed E-state index contributed by atoms with van der Waals surface area (Å²) in [6.45, 7) is 0.489. The Balaban J connectivity index is 2.32. The Morgan fingerprint density at radius 3 is 2.62 bits per heavy atom. The van der Waals surface area contributed by atoms with E-state index in [0.717, 1.165) is 12.3 Å². The Morgan fingerprint density at radius 1 is 1.38 bits per heavy atom. The Kier molecular flexibility index (Phi) is 1.76. The van der Waals surface area contributed by atoms with Crippen LogP contribution in [0.4, 0.5) is 13.2 Å². The normalized spacial score (nSPS) is 21.6. The summed E-state index contributed by atoms with van der Waals surface area (Å²) in [6.07, 6.45) is -2.30. The van der Waals surface area contributed by atoms with E-state index in [0.29, 0.717) is 12.2 Å². The standard InChI is InChI=1S/C8H6F3NO/c9-8(10,11)6-1-5(2-12-3-6)7-4-13-7/h1-3,7H,4H2. The van der Waals surface area contributed by atoms with Crippen molar-refractivity contribution in [2.75, 3.05) is 6.61 Å². The van der Waals surface area contributed by atoms with Gasteiger partial charge >= 0.3 is 6.18 Å². The molecule has 1 aromatic heterocycles. The summed E-state index contributed by atoms with van der Waals surface area (Å²) in [6, 6.07) is 1.07. The number of pyridine rings is 1. The number of hydrogen-bond donors (Lipinski definition) is 0. The molecule has 0 aromatic carbocycles. The first-order chi connectivity index (χ1) is 6.07. The van der Waals surface area contributed by atoms with Gasteiger partial charge in [0.1, 0.15) is 6.10 Å². The van der Waals surface area contributed by atoms with Gasteiger partial charge in [0.15, 0.2) is 0 Å². The summed E-state index contributed by atoms with van der Waals surface area (Å²) in [5, 5.41) is 0. The van der Waals surface area contributed by atoms with Crippen LogP contribution in [0.2, 0.25) is 0 Å². The molecule has 1 aliphatic rings. The van der Waals surface area contributed by atoms with Gasteiger partial charge in [-0.25, -0.2) is 0 Å². The van der Waals surface area contributed by atoms with Gasteiger partial charge < -0.3 is 4.74 Å². The van der Waals surface area contributed by atoms with Gasteiger partial charge in [0.05, 0.1) is 12.2 Å². The third-order valence-electron chi connectivity index (χ3n) is 1.79. The lowest BCUT2D eigenvalue weighted by molar-refractivity contribution is -0.137. The van der Waals surface area contributed by atoms with Crippen LogP contribution in [0.1, 0.15) is 17.2 Å². The molecular formula is C8H6F3NO. The third-order valence-corrected chi connectivity index (χ3v) is 1.79. The fourth-order valence-corrected chi connectivity index (χ4v) is 1.03. The Bertz CT molecular complexity index is 319. The van der Waals surface area contributed by atoms with Crippen molar-refractivity contribution in [1.29, 1.82) is 0 Å². The van der Waals surface area contributed by atoms with Crippen LogP contribution in [0.3, 0.4) is 0 Å². The summed E-state index contributed by atoms with van der Waals surface area (Å²) in [4.78, 5) is 3.51. The molecule has 0 saturated carbocycles. The highest BCUT2D eigenvalue weighted by molar-refractivity contribution is 5.24. The van der Waals surface area contributed by atoms with Crippen LogP contribution in [0.15, 0.2) is 18.5 Å². The zero-order valence-corrected chi connectivity index (χ0v) is 6.51. The first-order valence-electron chi connectivity index (χ1n) is 3.71. The van der Waals surface area contributed by atoms with Crippen LogP contribution in [0.25, 0.3) is 0 Å². The van der Waals surface area contributed by atoms with Crippen molar-refractivity contribution in [2.24, 2.45) is 0 Å². The molecule has 1 atom stereocenters. The molecule has 2 heterocycles. The summed E-state index contributed by atoms with van der Waals surface area (Å²) < 4.78 is 41.4. The molecule has 0 bridgehead atoms. The second kappa shape index (κ2) is 2.70. The Morgan fingerprint density at radius 2 is 2.08 bits per heavy atom. The molecule has 5 heteroatoms. The first kappa shape index (κ1) is 8.50. The lowest BCUT2D eigenvalue weighted by Crippen LogP contribution is -2.05. The van der Waals surface area contributed by atoms with Crippen molar-refractivity contribution in [3.05, 3.63) is 29.6 Å². The highest BCUT2D eigenvalue weighted by Gasteiger charge is 2.33. The van der Waals surface area contributed by atoms with E-state index in [4.69, 9.17) is 4.74 Å². The number of alkyl halides is 3. The molecule has 2 rings (SSSR count). The van der Waals surface area contributed by atoms with E-state index in [-0.39, 0.29) is 6.10 Å². The number of aromatic nitrogens is 1. The molecule has 0 amide bonds. The van der Waals surface area contributed by atoms with Crippen LogP contribution >= 0.6 is 0 Å². The Hall–Kier alpha value is -1.10. The van der Waals surface area contributed by atoms with Crippen molar-refractivity contribution in [3.63, 3.8) is 0 Å². The van der Waals surface area contributed by atoms with Gasteiger partial charge in [-0.15, -0.1) is 0 Å². The quantitative estimate of drug-likeness (QED) is 0.632. The summed E-state index contributed by atoms with van der Waals surface area (Å²) in [7, 11) is 0. The molecule has 0 spiro atoms. The van der Waals surface area contributed by atoms with E-state index in [1.54, 1.807) is 0 Å². The zero-order chi connectivity index (χ0) is 9.47. The van der Waals surface area contributed by atoms with Gasteiger partial charge in [-0.1, -0.05) is 0 Å². The molecule has 13 heavy (non-hydrogen) atoms. The smallest absolute Gasteiger partial charge is 0.368 e. The minimum absolute atomic E-state index is 0.185. The molecular weight excluding hydrogens is 183 g/mol. The molecule has 1 unspecified atom stereocenters. The number of hydrogen-bond acceptors (Lipinski definition) is 2. The largest absolute Gasteiger partial charge is 0.417 e. The van der Waals surface area contributed by atoms with Crippen LogP contribution in [0.5, 0.6) is 0 Å². The molecule has 1 aliphatic heterocycles. The molecule has 1 saturated heterocycles. The molecule has 0 radical (unpaired) electrons. The van der Waals surface area contributed by atoms with Gasteiger partial charge in [-0.05, 0) is 6.07 Å². The monoisotopic (exact) mass is 189 g/mol. The number of halogens is 3. The zero-order valence-electron chi connectivity index (χ0n) is 6.51. The van der Waals surface area contributed by atoms with Crippen LogP contribution in [-0.4, -0.2) is 11.6 Å². The van der Waals surface area contributed by atoms with Gasteiger partial charge in [-0.2, -0.15) is 13.2 Å². The number of rotatable bonds is 1.